The molecule has 3 nitrogen and oxygen atoms in total. The van der Waals surface area contributed by atoms with Crippen LogP contribution in [0, 0.1) is 11.6 Å². The van der Waals surface area contributed by atoms with Gasteiger partial charge in [0.25, 0.3) is 5.91 Å². The molecule has 1 fully saturated rings. The van der Waals surface area contributed by atoms with Crippen LogP contribution >= 0.6 is 11.8 Å². The number of hydrogen-bond donors (Lipinski definition) is 0. The number of nitrogens with zero attached hydrogens (tertiary/aromatic N) is 1. The molecule has 0 aliphatic carbocycles. The van der Waals surface area contributed by atoms with Gasteiger partial charge >= 0.3 is 0 Å². The zero-order valence-corrected chi connectivity index (χ0v) is 15.4. The second kappa shape index (κ2) is 8.54. The standard InChI is InChI=1S/C20H21F2NO2S/c1-2-3-11-25-16-7-4-14(5-8-16)19(24)23-10-12-26-20(23)17-9-6-15(21)13-18(17)22/h4-9,13,20H,2-3,10-12H2,1H3. The highest BCUT2D eigenvalue weighted by Gasteiger charge is 2.33. The maximum Gasteiger partial charge on any atom is 0.255 e. The third-order valence-corrected chi connectivity index (χ3v) is 5.49. The monoisotopic (exact) mass is 377 g/mol. The van der Waals surface area contributed by atoms with Crippen LogP contribution in [0.4, 0.5) is 8.78 Å². The summed E-state index contributed by atoms with van der Waals surface area (Å²) in [4.78, 5) is 14.5. The second-order valence-corrected chi connectivity index (χ2v) is 7.30. The van der Waals surface area contributed by atoms with Crippen molar-refractivity contribution in [2.24, 2.45) is 0 Å². The van der Waals surface area contributed by atoms with Crippen molar-refractivity contribution in [2.75, 3.05) is 18.9 Å². The Hall–Kier alpha value is -2.08. The van der Waals surface area contributed by atoms with Gasteiger partial charge in [0.2, 0.25) is 0 Å². The lowest BCUT2D eigenvalue weighted by Gasteiger charge is -2.24. The molecule has 0 radical (unpaired) electrons. The molecular formula is C20H21F2NO2S. The lowest BCUT2D eigenvalue weighted by molar-refractivity contribution is 0.0759. The Morgan fingerprint density at radius 2 is 2.00 bits per heavy atom. The minimum absolute atomic E-state index is 0.163. The number of hydrogen-bond acceptors (Lipinski definition) is 3. The van der Waals surface area contributed by atoms with Crippen molar-refractivity contribution in [3.63, 3.8) is 0 Å². The number of thioether (sulfide) groups is 1. The molecule has 2 aromatic rings. The Balaban J connectivity index is 1.73. The molecule has 0 bridgehead atoms. The highest BCUT2D eigenvalue weighted by atomic mass is 32.2. The van der Waals surface area contributed by atoms with E-state index in [2.05, 4.69) is 6.92 Å². The van der Waals surface area contributed by atoms with E-state index in [9.17, 15) is 13.6 Å². The van der Waals surface area contributed by atoms with Crippen LogP contribution < -0.4 is 4.74 Å². The summed E-state index contributed by atoms with van der Waals surface area (Å²) in [6.45, 7) is 3.28. The minimum Gasteiger partial charge on any atom is -0.494 e. The van der Waals surface area contributed by atoms with Crippen LogP contribution in [0.25, 0.3) is 0 Å². The van der Waals surface area contributed by atoms with Crippen LogP contribution in [-0.2, 0) is 0 Å². The molecule has 26 heavy (non-hydrogen) atoms. The molecule has 2 aromatic carbocycles. The molecule has 0 N–H and O–H groups in total. The summed E-state index contributed by atoms with van der Waals surface area (Å²) in [6.07, 6.45) is 2.04. The van der Waals surface area contributed by atoms with Gasteiger partial charge in [0.15, 0.2) is 0 Å². The van der Waals surface area contributed by atoms with Crippen LogP contribution in [0.3, 0.4) is 0 Å². The maximum atomic E-state index is 14.1. The van der Waals surface area contributed by atoms with E-state index in [0.717, 1.165) is 24.7 Å². The molecule has 0 spiro atoms. The number of ether oxygens (including phenoxy) is 1. The molecule has 6 heteroatoms. The molecule has 3 rings (SSSR count). The second-order valence-electron chi connectivity index (χ2n) is 6.11. The maximum absolute atomic E-state index is 14.1. The summed E-state index contributed by atoms with van der Waals surface area (Å²) in [5.41, 5.74) is 0.865. The van der Waals surface area contributed by atoms with Crippen molar-refractivity contribution < 1.29 is 18.3 Å². The fourth-order valence-corrected chi connectivity index (χ4v) is 4.11. The van der Waals surface area contributed by atoms with Crippen molar-refractivity contribution in [2.45, 2.75) is 25.1 Å². The van der Waals surface area contributed by atoms with Crippen LogP contribution in [0.1, 0.15) is 41.1 Å². The number of carbonyl (C=O) groups is 1. The van der Waals surface area contributed by atoms with E-state index in [4.69, 9.17) is 4.74 Å². The number of unbranched alkanes of at least 4 members (excludes halogenated alkanes) is 1. The molecule has 1 amide bonds. The van der Waals surface area contributed by atoms with Crippen LogP contribution in [0.2, 0.25) is 0 Å². The van der Waals surface area contributed by atoms with Gasteiger partial charge in [-0.05, 0) is 36.8 Å². The van der Waals surface area contributed by atoms with E-state index in [1.54, 1.807) is 29.2 Å². The summed E-state index contributed by atoms with van der Waals surface area (Å²) in [6, 6.07) is 10.5. The summed E-state index contributed by atoms with van der Waals surface area (Å²) in [5.74, 6) is 0.0363. The van der Waals surface area contributed by atoms with E-state index >= 15 is 0 Å². The minimum atomic E-state index is -0.623. The van der Waals surface area contributed by atoms with Gasteiger partial charge < -0.3 is 9.64 Å². The Morgan fingerprint density at radius 1 is 1.23 bits per heavy atom. The third kappa shape index (κ3) is 4.18. The average Bonchev–Trinajstić information content (AvgIpc) is 3.11. The first-order valence-corrected chi connectivity index (χ1v) is 9.75. The first-order valence-electron chi connectivity index (χ1n) is 8.70. The van der Waals surface area contributed by atoms with Gasteiger partial charge in [0, 0.05) is 29.5 Å². The Labute approximate surface area is 156 Å². The highest BCUT2D eigenvalue weighted by Crippen LogP contribution is 2.40. The quantitative estimate of drug-likeness (QED) is 0.661. The Kier molecular flexibility index (Phi) is 6.14. The van der Waals surface area contributed by atoms with E-state index in [1.807, 2.05) is 0 Å². The van der Waals surface area contributed by atoms with Crippen molar-refractivity contribution in [1.82, 2.24) is 4.90 Å². The van der Waals surface area contributed by atoms with Crippen molar-refractivity contribution >= 4 is 17.7 Å². The van der Waals surface area contributed by atoms with Crippen molar-refractivity contribution in [1.29, 1.82) is 0 Å². The number of benzene rings is 2. The lowest BCUT2D eigenvalue weighted by Crippen LogP contribution is -2.30. The molecular weight excluding hydrogens is 356 g/mol. The van der Waals surface area contributed by atoms with Gasteiger partial charge in [-0.25, -0.2) is 8.78 Å². The Morgan fingerprint density at radius 3 is 2.69 bits per heavy atom. The molecule has 1 saturated heterocycles. The average molecular weight is 377 g/mol. The number of amides is 1. The lowest BCUT2D eigenvalue weighted by atomic mass is 10.1. The first-order chi connectivity index (χ1) is 12.6. The predicted octanol–water partition coefficient (Wildman–Crippen LogP) is 5.03. The molecule has 1 atom stereocenters. The fraction of sp³-hybridized carbons (Fsp3) is 0.350. The van der Waals surface area contributed by atoms with Crippen LogP contribution in [-0.4, -0.2) is 29.7 Å². The fourth-order valence-electron chi connectivity index (χ4n) is 2.83. The van der Waals surface area contributed by atoms with Crippen molar-refractivity contribution in [3.05, 3.63) is 65.2 Å². The summed E-state index contributed by atoms with van der Waals surface area (Å²) in [7, 11) is 0. The summed E-state index contributed by atoms with van der Waals surface area (Å²) in [5, 5.41) is -0.441. The number of rotatable bonds is 6. The predicted molar refractivity (Wildman–Crippen MR) is 99.4 cm³/mol. The molecule has 1 heterocycles. The van der Waals surface area contributed by atoms with Gasteiger partial charge in [-0.15, -0.1) is 11.8 Å². The summed E-state index contributed by atoms with van der Waals surface area (Å²) < 4.78 is 32.9. The number of carbonyl (C=O) groups excluding carboxylic acids is 1. The van der Waals surface area contributed by atoms with E-state index < -0.39 is 17.0 Å². The molecule has 0 aromatic heterocycles. The van der Waals surface area contributed by atoms with E-state index in [0.29, 0.717) is 30.0 Å². The largest absolute Gasteiger partial charge is 0.494 e. The first kappa shape index (κ1) is 18.7. The van der Waals surface area contributed by atoms with Gasteiger partial charge in [-0.1, -0.05) is 19.4 Å². The number of halogens is 2. The zero-order chi connectivity index (χ0) is 18.5. The summed E-state index contributed by atoms with van der Waals surface area (Å²) >= 11 is 1.48. The SMILES string of the molecule is CCCCOc1ccc(C(=O)N2CCSC2c2ccc(F)cc2F)cc1. The smallest absolute Gasteiger partial charge is 0.255 e. The molecule has 0 saturated carbocycles. The van der Waals surface area contributed by atoms with Crippen LogP contribution in [0.5, 0.6) is 5.75 Å². The van der Waals surface area contributed by atoms with E-state index in [1.165, 1.54) is 23.9 Å². The van der Waals surface area contributed by atoms with Gasteiger partial charge in [-0.3, -0.25) is 4.79 Å². The Bertz CT molecular complexity index is 767. The molecule has 1 unspecified atom stereocenters. The van der Waals surface area contributed by atoms with E-state index in [-0.39, 0.29) is 5.91 Å². The molecule has 1 aliphatic rings. The van der Waals surface area contributed by atoms with Crippen LogP contribution in [0.15, 0.2) is 42.5 Å². The highest BCUT2D eigenvalue weighted by molar-refractivity contribution is 7.99. The van der Waals surface area contributed by atoms with Crippen molar-refractivity contribution in [3.8, 4) is 5.75 Å². The normalized spacial score (nSPS) is 16.7. The van der Waals surface area contributed by atoms with Gasteiger partial charge in [0.1, 0.15) is 22.8 Å². The third-order valence-electron chi connectivity index (χ3n) is 4.25. The molecule has 1 aliphatic heterocycles. The van der Waals surface area contributed by atoms with Gasteiger partial charge in [0.05, 0.1) is 6.61 Å². The molecule has 138 valence electrons. The van der Waals surface area contributed by atoms with Gasteiger partial charge in [-0.2, -0.15) is 0 Å². The zero-order valence-electron chi connectivity index (χ0n) is 14.6. The topological polar surface area (TPSA) is 29.5 Å².